The van der Waals surface area contributed by atoms with E-state index >= 15 is 0 Å². The summed E-state index contributed by atoms with van der Waals surface area (Å²) in [6.07, 6.45) is 0. The van der Waals surface area contributed by atoms with Gasteiger partial charge in [-0.3, -0.25) is 9.36 Å². The first kappa shape index (κ1) is 14.6. The topological polar surface area (TPSA) is 72.2 Å². The Morgan fingerprint density at radius 3 is 2.54 bits per heavy atom. The Morgan fingerprint density at radius 1 is 0.885 bits per heavy atom. The summed E-state index contributed by atoms with van der Waals surface area (Å²) >= 11 is 0. The highest BCUT2D eigenvalue weighted by molar-refractivity contribution is 6.13. The predicted molar refractivity (Wildman–Crippen MR) is 97.3 cm³/mol. The van der Waals surface area contributed by atoms with Gasteiger partial charge >= 0.3 is 5.97 Å². The lowest BCUT2D eigenvalue weighted by Gasteiger charge is -2.05. The second-order valence-corrected chi connectivity index (χ2v) is 6.21. The zero-order valence-electron chi connectivity index (χ0n) is 13.5. The molecule has 0 aliphatic carbocycles. The van der Waals surface area contributed by atoms with Gasteiger partial charge < -0.3 is 5.11 Å². The van der Waals surface area contributed by atoms with E-state index in [1.54, 1.807) is 22.8 Å². The largest absolute Gasteiger partial charge is 0.478 e. The average molecular weight is 340 g/mol. The van der Waals surface area contributed by atoms with Crippen LogP contribution in [0.2, 0.25) is 0 Å². The number of carboxylic acids is 1. The highest BCUT2D eigenvalue weighted by Gasteiger charge is 2.30. The van der Waals surface area contributed by atoms with Crippen molar-refractivity contribution in [3.8, 4) is 22.5 Å². The van der Waals surface area contributed by atoms with E-state index in [0.717, 1.165) is 27.7 Å². The van der Waals surface area contributed by atoms with Gasteiger partial charge in [0, 0.05) is 5.56 Å². The summed E-state index contributed by atoms with van der Waals surface area (Å²) in [5.74, 6) is -0.437. The molecule has 26 heavy (non-hydrogen) atoms. The number of carboxylic acid groups (broad SMARTS) is 1. The maximum atomic E-state index is 13.0. The summed E-state index contributed by atoms with van der Waals surface area (Å²) in [5.41, 5.74) is 4.73. The molecule has 0 bridgehead atoms. The predicted octanol–water partition coefficient (Wildman–Crippen LogP) is 4.07. The molecule has 0 saturated heterocycles. The van der Waals surface area contributed by atoms with E-state index < -0.39 is 5.97 Å². The van der Waals surface area contributed by atoms with Crippen LogP contribution in [-0.2, 0) is 0 Å². The number of aromatic carboxylic acids is 1. The minimum atomic E-state index is -0.976. The lowest BCUT2D eigenvalue weighted by atomic mass is 9.98. The lowest BCUT2D eigenvalue weighted by molar-refractivity contribution is 0.0696. The number of fused-ring (bicyclic) bond motifs is 5. The van der Waals surface area contributed by atoms with Crippen molar-refractivity contribution in [2.75, 3.05) is 0 Å². The molecular formula is C21H12N2O3. The molecule has 1 aliphatic rings. The Kier molecular flexibility index (Phi) is 2.88. The fourth-order valence-corrected chi connectivity index (χ4v) is 3.46. The van der Waals surface area contributed by atoms with Crippen LogP contribution in [0, 0.1) is 0 Å². The van der Waals surface area contributed by atoms with Gasteiger partial charge in [-0.05, 0) is 47.5 Å². The Morgan fingerprint density at radius 2 is 1.69 bits per heavy atom. The molecule has 124 valence electrons. The van der Waals surface area contributed by atoms with E-state index in [4.69, 9.17) is 0 Å². The Hall–Kier alpha value is -3.73. The third kappa shape index (κ3) is 1.94. The van der Waals surface area contributed by atoms with Crippen molar-refractivity contribution in [3.05, 3.63) is 77.9 Å². The zero-order chi connectivity index (χ0) is 17.8. The summed E-state index contributed by atoms with van der Waals surface area (Å²) < 4.78 is 1.64. The number of hydrogen-bond donors (Lipinski definition) is 1. The number of nitrogens with zero attached hydrogens (tertiary/aromatic N) is 2. The molecule has 4 aromatic rings. The normalized spacial score (nSPS) is 12.2. The van der Waals surface area contributed by atoms with Gasteiger partial charge in [-0.1, -0.05) is 30.3 Å². The van der Waals surface area contributed by atoms with Gasteiger partial charge in [0.05, 0.1) is 22.2 Å². The number of hydrogen-bond acceptors (Lipinski definition) is 3. The van der Waals surface area contributed by atoms with Gasteiger partial charge in [-0.25, -0.2) is 9.78 Å². The summed E-state index contributed by atoms with van der Waals surface area (Å²) in [5, 5.41) is 9.18. The first-order chi connectivity index (χ1) is 12.6. The van der Waals surface area contributed by atoms with E-state index in [2.05, 4.69) is 4.98 Å². The molecule has 1 N–H and O–H groups in total. The first-order valence-electron chi connectivity index (χ1n) is 8.14. The van der Waals surface area contributed by atoms with E-state index in [-0.39, 0.29) is 11.5 Å². The molecule has 2 heterocycles. The van der Waals surface area contributed by atoms with Crippen molar-refractivity contribution >= 4 is 22.9 Å². The van der Waals surface area contributed by atoms with Crippen molar-refractivity contribution < 1.29 is 14.7 Å². The third-order valence-corrected chi connectivity index (χ3v) is 4.70. The second kappa shape index (κ2) is 5.13. The molecular weight excluding hydrogens is 328 g/mol. The monoisotopic (exact) mass is 340 g/mol. The fraction of sp³-hybridized carbons (Fsp3) is 0. The van der Waals surface area contributed by atoms with Crippen LogP contribution in [-0.4, -0.2) is 26.5 Å². The van der Waals surface area contributed by atoms with E-state index in [1.807, 2.05) is 48.5 Å². The first-order valence-corrected chi connectivity index (χ1v) is 8.14. The van der Waals surface area contributed by atoms with Crippen molar-refractivity contribution in [2.24, 2.45) is 0 Å². The summed E-state index contributed by atoms with van der Waals surface area (Å²) in [6.45, 7) is 0. The summed E-state index contributed by atoms with van der Waals surface area (Å²) in [4.78, 5) is 28.7. The van der Waals surface area contributed by atoms with Gasteiger partial charge in [0.25, 0.3) is 5.91 Å². The number of rotatable bonds is 2. The van der Waals surface area contributed by atoms with Crippen LogP contribution >= 0.6 is 0 Å². The van der Waals surface area contributed by atoms with Gasteiger partial charge in [0.15, 0.2) is 0 Å². The molecule has 5 nitrogen and oxygen atoms in total. The molecule has 1 aromatic heterocycles. The molecule has 0 unspecified atom stereocenters. The molecule has 0 fully saturated rings. The van der Waals surface area contributed by atoms with Crippen molar-refractivity contribution in [3.63, 3.8) is 0 Å². The summed E-state index contributed by atoms with van der Waals surface area (Å²) in [7, 11) is 0. The fourth-order valence-electron chi connectivity index (χ4n) is 3.46. The highest BCUT2D eigenvalue weighted by Crippen LogP contribution is 2.36. The number of para-hydroxylation sites is 2. The molecule has 3 aromatic carbocycles. The van der Waals surface area contributed by atoms with Crippen LogP contribution in [0.1, 0.15) is 20.7 Å². The maximum Gasteiger partial charge on any atom is 0.335 e. The van der Waals surface area contributed by atoms with Crippen LogP contribution in [0.5, 0.6) is 0 Å². The number of carbonyl (C=O) groups is 2. The molecule has 0 radical (unpaired) electrons. The number of imidazole rings is 1. The van der Waals surface area contributed by atoms with Crippen LogP contribution in [0.25, 0.3) is 33.5 Å². The van der Waals surface area contributed by atoms with Crippen LogP contribution < -0.4 is 0 Å². The third-order valence-electron chi connectivity index (χ3n) is 4.70. The van der Waals surface area contributed by atoms with Crippen molar-refractivity contribution in [2.45, 2.75) is 0 Å². The van der Waals surface area contributed by atoms with Gasteiger partial charge in [-0.2, -0.15) is 0 Å². The quantitative estimate of drug-likeness (QED) is 0.526. The van der Waals surface area contributed by atoms with Crippen molar-refractivity contribution in [1.82, 2.24) is 9.55 Å². The lowest BCUT2D eigenvalue weighted by Crippen LogP contribution is -2.05. The summed E-state index contributed by atoms with van der Waals surface area (Å²) in [6, 6.07) is 19.8. The standard InChI is InChI=1S/C21H12N2O3/c24-20-16-11-13(12-4-3-5-14(10-12)21(25)26)8-9-15(16)19-22-17-6-1-2-7-18(17)23(19)20/h1-11H,(H,25,26). The van der Waals surface area contributed by atoms with Crippen LogP contribution in [0.4, 0.5) is 0 Å². The minimum absolute atomic E-state index is 0.111. The molecule has 0 amide bonds. The number of aromatic nitrogens is 2. The van der Waals surface area contributed by atoms with Crippen molar-refractivity contribution in [1.29, 1.82) is 0 Å². The average Bonchev–Trinajstić information content (AvgIpc) is 3.18. The van der Waals surface area contributed by atoms with Crippen LogP contribution in [0.3, 0.4) is 0 Å². The Balaban J connectivity index is 1.67. The number of benzene rings is 3. The van der Waals surface area contributed by atoms with Crippen LogP contribution in [0.15, 0.2) is 66.7 Å². The molecule has 5 rings (SSSR count). The Bertz CT molecular complexity index is 1240. The minimum Gasteiger partial charge on any atom is -0.478 e. The van der Waals surface area contributed by atoms with Gasteiger partial charge in [-0.15, -0.1) is 0 Å². The number of carbonyl (C=O) groups excluding carboxylic acids is 1. The van der Waals surface area contributed by atoms with E-state index in [0.29, 0.717) is 11.4 Å². The zero-order valence-corrected chi connectivity index (χ0v) is 13.5. The maximum absolute atomic E-state index is 13.0. The van der Waals surface area contributed by atoms with E-state index in [1.165, 1.54) is 0 Å². The molecule has 1 aliphatic heterocycles. The molecule has 0 spiro atoms. The Labute approximate surface area is 148 Å². The van der Waals surface area contributed by atoms with E-state index in [9.17, 15) is 14.7 Å². The molecule has 0 saturated carbocycles. The highest BCUT2D eigenvalue weighted by atomic mass is 16.4. The van der Waals surface area contributed by atoms with Gasteiger partial charge in [0.2, 0.25) is 0 Å². The van der Waals surface area contributed by atoms with Gasteiger partial charge in [0.1, 0.15) is 5.82 Å². The smallest absolute Gasteiger partial charge is 0.335 e. The molecule has 5 heteroatoms. The molecule has 0 atom stereocenters. The second-order valence-electron chi connectivity index (χ2n) is 6.21. The SMILES string of the molecule is O=C(O)c1cccc(-c2ccc3c(c2)C(=O)n2c-3nc3ccccc32)c1.